The quantitative estimate of drug-likeness (QED) is 0.465. The Bertz CT molecular complexity index is 889. The minimum atomic E-state index is -1.74. The first-order chi connectivity index (χ1) is 15.2. The molecule has 1 aromatic rings. The summed E-state index contributed by atoms with van der Waals surface area (Å²) < 4.78 is 11.0. The van der Waals surface area contributed by atoms with Crippen LogP contribution in [0.4, 0.5) is 0 Å². The van der Waals surface area contributed by atoms with Gasteiger partial charge in [0.1, 0.15) is 24.1 Å². The summed E-state index contributed by atoms with van der Waals surface area (Å²) in [6.45, 7) is 2.25. The number of benzene rings is 1. The van der Waals surface area contributed by atoms with Crippen molar-refractivity contribution in [2.45, 2.75) is 88.2 Å². The number of hydrogen-bond donors (Lipinski definition) is 5. The van der Waals surface area contributed by atoms with Crippen LogP contribution >= 0.6 is 0 Å². The molecule has 1 unspecified atom stereocenters. The molecular weight excluding hydrogens is 416 g/mol. The van der Waals surface area contributed by atoms with Crippen LogP contribution in [-0.2, 0) is 16.0 Å². The Morgan fingerprint density at radius 3 is 2.59 bits per heavy atom. The molecule has 5 N–H and O–H groups in total. The fourth-order valence-corrected chi connectivity index (χ4v) is 6.89. The molecule has 8 heteroatoms. The van der Waals surface area contributed by atoms with Gasteiger partial charge in [-0.05, 0) is 85.0 Å². The normalized spacial score (nSPS) is 45.5. The molecule has 1 aliphatic heterocycles. The topological polar surface area (TPSA) is 137 Å². The second-order valence-electron chi connectivity index (χ2n) is 10.3. The fourth-order valence-electron chi connectivity index (χ4n) is 6.89. The molecule has 5 rings (SSSR count). The minimum Gasteiger partial charge on any atom is -0.479 e. The highest BCUT2D eigenvalue weighted by molar-refractivity contribution is 5.73. The van der Waals surface area contributed by atoms with Gasteiger partial charge >= 0.3 is 5.97 Å². The molecular formula is C24H32O8. The van der Waals surface area contributed by atoms with Gasteiger partial charge in [-0.1, -0.05) is 13.0 Å². The zero-order valence-electron chi connectivity index (χ0n) is 18.1. The average Bonchev–Trinajstić information content (AvgIpc) is 3.08. The van der Waals surface area contributed by atoms with E-state index in [2.05, 4.69) is 6.92 Å². The number of aliphatic hydroxyl groups is 4. The number of hydrogen-bond acceptors (Lipinski definition) is 7. The maximum Gasteiger partial charge on any atom is 0.335 e. The number of carbonyl (C=O) groups is 1. The van der Waals surface area contributed by atoms with Gasteiger partial charge in [0.25, 0.3) is 0 Å². The van der Waals surface area contributed by atoms with Crippen LogP contribution in [0.15, 0.2) is 18.2 Å². The Balaban J connectivity index is 1.34. The Labute approximate surface area is 186 Å². The van der Waals surface area contributed by atoms with Gasteiger partial charge in [0, 0.05) is 0 Å². The van der Waals surface area contributed by atoms with E-state index in [1.807, 2.05) is 12.1 Å². The smallest absolute Gasteiger partial charge is 0.335 e. The van der Waals surface area contributed by atoms with Crippen LogP contribution in [0, 0.1) is 17.3 Å². The number of fused-ring (bicyclic) bond motifs is 5. The predicted octanol–water partition coefficient (Wildman–Crippen LogP) is 1.17. The second-order valence-corrected chi connectivity index (χ2v) is 10.3. The molecule has 8 nitrogen and oxygen atoms in total. The number of ether oxygens (including phenoxy) is 2. The fraction of sp³-hybridized carbons (Fsp3) is 0.708. The Hall–Kier alpha value is -1.71. The molecule has 10 atom stereocenters. The molecule has 3 fully saturated rings. The lowest BCUT2D eigenvalue weighted by molar-refractivity contribution is -0.271. The van der Waals surface area contributed by atoms with Crippen molar-refractivity contribution in [3.05, 3.63) is 29.3 Å². The maximum atomic E-state index is 11.3. The summed E-state index contributed by atoms with van der Waals surface area (Å²) in [7, 11) is 0. The lowest BCUT2D eigenvalue weighted by atomic mass is 9.55. The summed E-state index contributed by atoms with van der Waals surface area (Å²) in [6.07, 6.45) is -2.28. The van der Waals surface area contributed by atoms with Crippen LogP contribution in [0.1, 0.15) is 56.1 Å². The molecule has 0 bridgehead atoms. The van der Waals surface area contributed by atoms with Gasteiger partial charge in [0.05, 0.1) is 6.10 Å². The van der Waals surface area contributed by atoms with Crippen molar-refractivity contribution in [3.63, 3.8) is 0 Å². The van der Waals surface area contributed by atoms with Crippen molar-refractivity contribution >= 4 is 5.97 Å². The number of aliphatic carboxylic acids is 1. The number of aliphatic hydroxyl groups excluding tert-OH is 4. The molecule has 1 saturated heterocycles. The molecule has 0 amide bonds. The van der Waals surface area contributed by atoms with Gasteiger partial charge in [-0.15, -0.1) is 0 Å². The van der Waals surface area contributed by atoms with Crippen LogP contribution in [0.5, 0.6) is 5.75 Å². The first-order valence-corrected chi connectivity index (χ1v) is 11.6. The molecule has 0 aromatic heterocycles. The van der Waals surface area contributed by atoms with Crippen molar-refractivity contribution in [3.8, 4) is 5.75 Å². The van der Waals surface area contributed by atoms with Gasteiger partial charge < -0.3 is 35.0 Å². The maximum absolute atomic E-state index is 11.3. The first kappa shape index (κ1) is 22.1. The Kier molecular flexibility index (Phi) is 5.49. The summed E-state index contributed by atoms with van der Waals surface area (Å²) in [5, 5.41) is 49.8. The van der Waals surface area contributed by atoms with E-state index in [-0.39, 0.29) is 11.5 Å². The van der Waals surface area contributed by atoms with Crippen LogP contribution < -0.4 is 4.74 Å². The minimum absolute atomic E-state index is 0.0300. The van der Waals surface area contributed by atoms with E-state index < -0.39 is 36.7 Å². The third-order valence-corrected chi connectivity index (χ3v) is 8.71. The van der Waals surface area contributed by atoms with Crippen molar-refractivity contribution in [2.75, 3.05) is 0 Å². The van der Waals surface area contributed by atoms with Gasteiger partial charge in [-0.3, -0.25) is 0 Å². The van der Waals surface area contributed by atoms with Crippen LogP contribution in [0.25, 0.3) is 0 Å². The van der Waals surface area contributed by atoms with E-state index in [1.165, 1.54) is 11.1 Å². The highest BCUT2D eigenvalue weighted by atomic mass is 16.7. The molecule has 4 aliphatic rings. The molecule has 0 radical (unpaired) electrons. The summed E-state index contributed by atoms with van der Waals surface area (Å²) in [6, 6.07) is 5.75. The highest BCUT2D eigenvalue weighted by Crippen LogP contribution is 2.60. The van der Waals surface area contributed by atoms with Gasteiger partial charge in [-0.2, -0.15) is 0 Å². The van der Waals surface area contributed by atoms with E-state index in [1.54, 1.807) is 6.07 Å². The zero-order valence-corrected chi connectivity index (χ0v) is 18.1. The van der Waals surface area contributed by atoms with Crippen molar-refractivity contribution < 1.29 is 39.8 Å². The van der Waals surface area contributed by atoms with E-state index in [9.17, 15) is 30.3 Å². The van der Waals surface area contributed by atoms with Crippen LogP contribution in [0.2, 0.25) is 0 Å². The van der Waals surface area contributed by atoms with Gasteiger partial charge in [0.2, 0.25) is 6.29 Å². The zero-order chi connectivity index (χ0) is 22.8. The van der Waals surface area contributed by atoms with Crippen molar-refractivity contribution in [1.29, 1.82) is 0 Å². The predicted molar refractivity (Wildman–Crippen MR) is 112 cm³/mol. The molecule has 32 heavy (non-hydrogen) atoms. The van der Waals surface area contributed by atoms with E-state index in [0.29, 0.717) is 23.5 Å². The standard InChI is InChI=1S/C24H32O8/c1-24-9-8-14-13-5-3-12(10-11(13)2-4-15(14)16(24)6-7-17(24)25)31-23-20(28)18(26)19(27)21(32-23)22(29)30/h3,5,10,14-21,23,25-28H,2,4,6-9H2,1H3,(H,29,30)/t14-,15-,16+,17+,18+,19+,20-,21+,23?,24+/m1/s1. The molecule has 1 heterocycles. The van der Waals surface area contributed by atoms with E-state index >= 15 is 0 Å². The highest BCUT2D eigenvalue weighted by Gasteiger charge is 2.54. The Morgan fingerprint density at radius 2 is 1.84 bits per heavy atom. The summed E-state index contributed by atoms with van der Waals surface area (Å²) >= 11 is 0. The van der Waals surface area contributed by atoms with Crippen LogP contribution in [0.3, 0.4) is 0 Å². The SMILES string of the molecule is C[C@]12CC[C@@H]3c4ccc(OC5O[C@H](C(=O)O)[C@@H](O)[C@H](O)[C@H]5O)cc4CC[C@H]3[C@@H]1CC[C@@H]2O. The second kappa shape index (κ2) is 7.95. The van der Waals surface area contributed by atoms with Crippen molar-refractivity contribution in [2.24, 2.45) is 17.3 Å². The Morgan fingerprint density at radius 1 is 1.06 bits per heavy atom. The molecule has 2 saturated carbocycles. The molecule has 176 valence electrons. The first-order valence-electron chi connectivity index (χ1n) is 11.6. The third-order valence-electron chi connectivity index (χ3n) is 8.71. The molecule has 1 aromatic carbocycles. The summed E-state index contributed by atoms with van der Waals surface area (Å²) in [5.41, 5.74) is 2.51. The van der Waals surface area contributed by atoms with Gasteiger partial charge in [0.15, 0.2) is 6.10 Å². The average molecular weight is 449 g/mol. The lowest BCUT2D eigenvalue weighted by Gasteiger charge is -2.50. The largest absolute Gasteiger partial charge is 0.479 e. The molecule has 3 aliphatic carbocycles. The van der Waals surface area contributed by atoms with Crippen molar-refractivity contribution in [1.82, 2.24) is 0 Å². The van der Waals surface area contributed by atoms with E-state index in [0.717, 1.165) is 38.5 Å². The molecule has 0 spiro atoms. The van der Waals surface area contributed by atoms with Crippen LogP contribution in [-0.4, -0.2) is 68.3 Å². The number of carboxylic acids is 1. The third kappa shape index (κ3) is 3.35. The summed E-state index contributed by atoms with van der Waals surface area (Å²) in [4.78, 5) is 11.3. The number of rotatable bonds is 3. The monoisotopic (exact) mass is 448 g/mol. The number of aryl methyl sites for hydroxylation is 1. The lowest BCUT2D eigenvalue weighted by Crippen LogP contribution is -2.61. The number of carboxylic acid groups (broad SMARTS) is 1. The van der Waals surface area contributed by atoms with Gasteiger partial charge in [-0.25, -0.2) is 4.79 Å². The summed E-state index contributed by atoms with van der Waals surface area (Å²) in [5.74, 6) is 0.570. The van der Waals surface area contributed by atoms with E-state index in [4.69, 9.17) is 9.47 Å².